The summed E-state index contributed by atoms with van der Waals surface area (Å²) < 4.78 is 0. The summed E-state index contributed by atoms with van der Waals surface area (Å²) in [6, 6.07) is 7.23. The lowest BCUT2D eigenvalue weighted by Gasteiger charge is -2.26. The van der Waals surface area contributed by atoms with Gasteiger partial charge >= 0.3 is 6.03 Å². The number of amides is 2. The molecule has 0 aromatic heterocycles. The van der Waals surface area contributed by atoms with Gasteiger partial charge in [0.1, 0.15) is 0 Å². The fourth-order valence-electron chi connectivity index (χ4n) is 1.94. The fourth-order valence-corrected chi connectivity index (χ4v) is 1.94. The number of nitrogens with two attached hydrogens (primary N) is 1. The number of carbonyl (C=O) groups excluding carboxylic acids is 1. The van der Waals surface area contributed by atoms with Crippen molar-refractivity contribution in [3.63, 3.8) is 0 Å². The van der Waals surface area contributed by atoms with E-state index in [1.165, 1.54) is 0 Å². The summed E-state index contributed by atoms with van der Waals surface area (Å²) in [6.45, 7) is 7.38. The minimum absolute atomic E-state index is 0.0659. The van der Waals surface area contributed by atoms with E-state index in [2.05, 4.69) is 31.4 Å². The molecule has 0 saturated carbocycles. The molecule has 0 spiro atoms. The van der Waals surface area contributed by atoms with Gasteiger partial charge in [0.2, 0.25) is 0 Å². The van der Waals surface area contributed by atoms with Gasteiger partial charge in [0.05, 0.1) is 0 Å². The molecule has 1 atom stereocenters. The zero-order valence-electron chi connectivity index (χ0n) is 12.4. The quantitative estimate of drug-likeness (QED) is 0.617. The van der Waals surface area contributed by atoms with Gasteiger partial charge in [-0.3, -0.25) is 0 Å². The van der Waals surface area contributed by atoms with Crippen LogP contribution in [-0.2, 0) is 0 Å². The van der Waals surface area contributed by atoms with Crippen LogP contribution in [0.3, 0.4) is 0 Å². The van der Waals surface area contributed by atoms with Crippen LogP contribution in [0.5, 0.6) is 0 Å². The van der Waals surface area contributed by atoms with Gasteiger partial charge < -0.3 is 21.5 Å². The molecule has 1 aromatic carbocycles. The highest BCUT2D eigenvalue weighted by Crippen LogP contribution is 2.21. The molecule has 2 amide bonds. The third-order valence-electron chi connectivity index (χ3n) is 3.35. The van der Waals surface area contributed by atoms with E-state index in [0.717, 1.165) is 18.5 Å². The second kappa shape index (κ2) is 7.26. The highest BCUT2D eigenvalue weighted by atomic mass is 16.3. The summed E-state index contributed by atoms with van der Waals surface area (Å²) in [5, 5.41) is 15.0. The van der Waals surface area contributed by atoms with E-state index in [4.69, 9.17) is 10.8 Å². The standard InChI is InChI=1S/C15H25N3O2/c1-11(17-10-15(2,3)8-9-19)12-4-6-13(7-5-12)18-14(16)20/h4-7,11,17,19H,8-10H2,1-3H3,(H3,16,18,20). The average Bonchev–Trinajstić information content (AvgIpc) is 2.36. The van der Waals surface area contributed by atoms with Gasteiger partial charge in [0.15, 0.2) is 0 Å². The molecule has 0 fully saturated rings. The number of urea groups is 1. The van der Waals surface area contributed by atoms with Crippen molar-refractivity contribution in [2.24, 2.45) is 11.1 Å². The molecule has 0 saturated heterocycles. The minimum Gasteiger partial charge on any atom is -0.396 e. The van der Waals surface area contributed by atoms with Crippen molar-refractivity contribution < 1.29 is 9.90 Å². The van der Waals surface area contributed by atoms with Crippen LogP contribution < -0.4 is 16.4 Å². The molecule has 1 aromatic rings. The number of rotatable bonds is 7. The van der Waals surface area contributed by atoms with Crippen LogP contribution in [0.1, 0.15) is 38.8 Å². The molecule has 112 valence electrons. The van der Waals surface area contributed by atoms with E-state index < -0.39 is 6.03 Å². The molecule has 0 aliphatic rings. The van der Waals surface area contributed by atoms with Gasteiger partial charge in [0.25, 0.3) is 0 Å². The first-order valence-corrected chi connectivity index (χ1v) is 6.85. The fraction of sp³-hybridized carbons (Fsp3) is 0.533. The Hall–Kier alpha value is -1.59. The first-order valence-electron chi connectivity index (χ1n) is 6.85. The number of aliphatic hydroxyl groups excluding tert-OH is 1. The van der Waals surface area contributed by atoms with E-state index in [9.17, 15) is 4.79 Å². The lowest BCUT2D eigenvalue weighted by molar-refractivity contribution is 0.204. The number of hydrogen-bond acceptors (Lipinski definition) is 3. The van der Waals surface area contributed by atoms with E-state index >= 15 is 0 Å². The maximum absolute atomic E-state index is 10.7. The molecule has 1 rings (SSSR count). The van der Waals surface area contributed by atoms with Gasteiger partial charge in [-0.15, -0.1) is 0 Å². The Morgan fingerprint density at radius 2 is 1.95 bits per heavy atom. The second-order valence-electron chi connectivity index (χ2n) is 5.85. The molecule has 1 unspecified atom stereocenters. The SMILES string of the molecule is CC(NCC(C)(C)CCO)c1ccc(NC(N)=O)cc1. The normalized spacial score (nSPS) is 13.0. The highest BCUT2D eigenvalue weighted by molar-refractivity contribution is 5.87. The Balaban J connectivity index is 2.55. The predicted molar refractivity (Wildman–Crippen MR) is 81.5 cm³/mol. The number of benzene rings is 1. The van der Waals surface area contributed by atoms with Crippen molar-refractivity contribution in [3.05, 3.63) is 29.8 Å². The molecule has 5 N–H and O–H groups in total. The Bertz CT molecular complexity index is 429. The number of aliphatic hydroxyl groups is 1. The molecule has 0 aliphatic heterocycles. The molecular formula is C15H25N3O2. The summed E-state index contributed by atoms with van der Waals surface area (Å²) in [4.78, 5) is 10.7. The van der Waals surface area contributed by atoms with E-state index in [-0.39, 0.29) is 18.1 Å². The third-order valence-corrected chi connectivity index (χ3v) is 3.35. The first-order chi connectivity index (χ1) is 9.34. The molecule has 0 heterocycles. The van der Waals surface area contributed by atoms with Crippen molar-refractivity contribution in [3.8, 4) is 0 Å². The Labute approximate surface area is 120 Å². The minimum atomic E-state index is -0.560. The van der Waals surface area contributed by atoms with E-state index in [0.29, 0.717) is 5.69 Å². The van der Waals surface area contributed by atoms with Crippen LogP contribution in [0.2, 0.25) is 0 Å². The molecule has 0 aliphatic carbocycles. The summed E-state index contributed by atoms with van der Waals surface area (Å²) in [6.07, 6.45) is 0.772. The van der Waals surface area contributed by atoms with Gasteiger partial charge in [-0.2, -0.15) is 0 Å². The third kappa shape index (κ3) is 5.59. The summed E-state index contributed by atoms with van der Waals surface area (Å²) in [7, 11) is 0. The Kier molecular flexibility index (Phi) is 5.98. The molecular weight excluding hydrogens is 254 g/mol. The molecule has 20 heavy (non-hydrogen) atoms. The largest absolute Gasteiger partial charge is 0.396 e. The number of primary amides is 1. The van der Waals surface area contributed by atoms with Crippen molar-refractivity contribution in [1.82, 2.24) is 5.32 Å². The van der Waals surface area contributed by atoms with E-state index in [1.54, 1.807) is 0 Å². The smallest absolute Gasteiger partial charge is 0.316 e. The van der Waals surface area contributed by atoms with Crippen molar-refractivity contribution in [2.75, 3.05) is 18.5 Å². The van der Waals surface area contributed by atoms with Crippen molar-refractivity contribution in [1.29, 1.82) is 0 Å². The summed E-state index contributed by atoms with van der Waals surface area (Å²) in [5.41, 5.74) is 6.96. The highest BCUT2D eigenvalue weighted by Gasteiger charge is 2.18. The predicted octanol–water partition coefficient (Wildman–Crippen LogP) is 2.24. The number of carbonyl (C=O) groups is 1. The topological polar surface area (TPSA) is 87.4 Å². The van der Waals surface area contributed by atoms with Gasteiger partial charge in [-0.1, -0.05) is 26.0 Å². The van der Waals surface area contributed by atoms with Crippen LogP contribution in [0, 0.1) is 5.41 Å². The van der Waals surface area contributed by atoms with Crippen LogP contribution in [0.25, 0.3) is 0 Å². The van der Waals surface area contributed by atoms with Crippen LogP contribution in [0.15, 0.2) is 24.3 Å². The zero-order valence-corrected chi connectivity index (χ0v) is 12.4. The average molecular weight is 279 g/mol. The van der Waals surface area contributed by atoms with Crippen LogP contribution in [-0.4, -0.2) is 24.3 Å². The number of nitrogens with one attached hydrogen (secondary N) is 2. The lowest BCUT2D eigenvalue weighted by atomic mass is 9.89. The Morgan fingerprint density at radius 3 is 2.45 bits per heavy atom. The monoisotopic (exact) mass is 279 g/mol. The van der Waals surface area contributed by atoms with Crippen LogP contribution >= 0.6 is 0 Å². The van der Waals surface area contributed by atoms with Gasteiger partial charge in [-0.25, -0.2) is 4.79 Å². The maximum atomic E-state index is 10.7. The van der Waals surface area contributed by atoms with E-state index in [1.807, 2.05) is 24.3 Å². The van der Waals surface area contributed by atoms with Gasteiger partial charge in [0, 0.05) is 24.9 Å². The van der Waals surface area contributed by atoms with Crippen molar-refractivity contribution in [2.45, 2.75) is 33.2 Å². The van der Waals surface area contributed by atoms with Crippen molar-refractivity contribution >= 4 is 11.7 Å². The first kappa shape index (κ1) is 16.5. The Morgan fingerprint density at radius 1 is 1.35 bits per heavy atom. The van der Waals surface area contributed by atoms with Gasteiger partial charge in [-0.05, 0) is 36.5 Å². The summed E-state index contributed by atoms with van der Waals surface area (Å²) in [5.74, 6) is 0. The number of hydrogen-bond donors (Lipinski definition) is 4. The molecule has 0 bridgehead atoms. The van der Waals surface area contributed by atoms with Crippen LogP contribution in [0.4, 0.5) is 10.5 Å². The maximum Gasteiger partial charge on any atom is 0.316 e. The number of anilines is 1. The molecule has 5 nitrogen and oxygen atoms in total. The lowest BCUT2D eigenvalue weighted by Crippen LogP contribution is -2.32. The molecule has 0 radical (unpaired) electrons. The molecule has 5 heteroatoms. The second-order valence-corrected chi connectivity index (χ2v) is 5.85. The zero-order chi connectivity index (χ0) is 15.2. The summed E-state index contributed by atoms with van der Waals surface area (Å²) >= 11 is 0.